The average Bonchev–Trinajstić information content (AvgIpc) is 2.75. The number of halogens is 1. The molecule has 0 atom stereocenters. The molecule has 114 valence electrons. The molecular formula is C15H21ClN4O. The van der Waals surface area contributed by atoms with Crippen LogP contribution in [0.3, 0.4) is 0 Å². The van der Waals surface area contributed by atoms with Crippen molar-refractivity contribution in [1.29, 1.82) is 5.26 Å². The van der Waals surface area contributed by atoms with Crippen LogP contribution < -0.4 is 5.84 Å². The van der Waals surface area contributed by atoms with Crippen molar-refractivity contribution in [2.75, 3.05) is 13.1 Å². The number of urea groups is 1. The van der Waals surface area contributed by atoms with Crippen molar-refractivity contribution in [3.8, 4) is 6.07 Å². The van der Waals surface area contributed by atoms with Crippen LogP contribution in [0.25, 0.3) is 0 Å². The van der Waals surface area contributed by atoms with Crippen LogP contribution >= 0.6 is 12.4 Å². The van der Waals surface area contributed by atoms with E-state index in [1.165, 1.54) is 17.9 Å². The van der Waals surface area contributed by atoms with Crippen LogP contribution in [0.15, 0.2) is 24.3 Å². The normalized spacial score (nSPS) is 14.6. The maximum absolute atomic E-state index is 12.3. The minimum atomic E-state index is -0.130. The third kappa shape index (κ3) is 4.92. The van der Waals surface area contributed by atoms with Gasteiger partial charge in [-0.2, -0.15) is 5.26 Å². The second kappa shape index (κ2) is 8.50. The molecule has 1 saturated heterocycles. The first kappa shape index (κ1) is 17.3. The molecule has 0 aliphatic carbocycles. The Hall–Kier alpha value is -1.77. The predicted molar refractivity (Wildman–Crippen MR) is 83.6 cm³/mol. The van der Waals surface area contributed by atoms with Crippen molar-refractivity contribution in [1.82, 2.24) is 9.91 Å². The Morgan fingerprint density at radius 2 is 1.95 bits per heavy atom. The van der Waals surface area contributed by atoms with Gasteiger partial charge in [-0.05, 0) is 30.5 Å². The fourth-order valence-electron chi connectivity index (χ4n) is 2.45. The van der Waals surface area contributed by atoms with Gasteiger partial charge in [0.1, 0.15) is 0 Å². The number of nitriles is 1. The highest BCUT2D eigenvalue weighted by atomic mass is 35.5. The Labute approximate surface area is 131 Å². The Balaban J connectivity index is 0.00000220. The summed E-state index contributed by atoms with van der Waals surface area (Å²) in [5.74, 6) is 5.88. The molecule has 0 saturated carbocycles. The lowest BCUT2D eigenvalue weighted by Gasteiger charge is -2.26. The van der Waals surface area contributed by atoms with E-state index in [1.807, 2.05) is 11.0 Å². The van der Waals surface area contributed by atoms with Crippen LogP contribution in [-0.4, -0.2) is 29.0 Å². The van der Waals surface area contributed by atoms with Gasteiger partial charge in [0.25, 0.3) is 0 Å². The van der Waals surface area contributed by atoms with Gasteiger partial charge in [-0.1, -0.05) is 25.0 Å². The van der Waals surface area contributed by atoms with Crippen LogP contribution in [-0.2, 0) is 6.54 Å². The summed E-state index contributed by atoms with van der Waals surface area (Å²) in [6.45, 7) is 1.89. The molecule has 0 aromatic heterocycles. The van der Waals surface area contributed by atoms with E-state index in [2.05, 4.69) is 6.07 Å². The monoisotopic (exact) mass is 308 g/mol. The van der Waals surface area contributed by atoms with Crippen molar-refractivity contribution in [3.05, 3.63) is 35.4 Å². The molecule has 21 heavy (non-hydrogen) atoms. The van der Waals surface area contributed by atoms with E-state index >= 15 is 0 Å². The Morgan fingerprint density at radius 3 is 2.57 bits per heavy atom. The first-order valence-corrected chi connectivity index (χ1v) is 7.01. The Bertz CT molecular complexity index is 507. The van der Waals surface area contributed by atoms with Crippen molar-refractivity contribution in [2.45, 2.75) is 32.2 Å². The van der Waals surface area contributed by atoms with Crippen LogP contribution in [0.5, 0.6) is 0 Å². The maximum atomic E-state index is 12.3. The molecule has 5 nitrogen and oxygen atoms in total. The number of amides is 2. The van der Waals surface area contributed by atoms with Gasteiger partial charge in [-0.25, -0.2) is 10.6 Å². The molecule has 1 aromatic carbocycles. The van der Waals surface area contributed by atoms with Gasteiger partial charge in [0.05, 0.1) is 18.2 Å². The zero-order valence-electron chi connectivity index (χ0n) is 12.0. The van der Waals surface area contributed by atoms with E-state index in [1.54, 1.807) is 18.2 Å². The van der Waals surface area contributed by atoms with E-state index in [9.17, 15) is 4.79 Å². The molecule has 2 amide bonds. The third-order valence-corrected chi connectivity index (χ3v) is 3.53. The summed E-state index contributed by atoms with van der Waals surface area (Å²) in [6.07, 6.45) is 4.45. The zero-order chi connectivity index (χ0) is 14.4. The first-order valence-electron chi connectivity index (χ1n) is 7.01. The van der Waals surface area contributed by atoms with Gasteiger partial charge in [0, 0.05) is 13.1 Å². The molecule has 1 aliphatic rings. The highest BCUT2D eigenvalue weighted by Gasteiger charge is 2.19. The molecule has 1 fully saturated rings. The van der Waals surface area contributed by atoms with Crippen molar-refractivity contribution < 1.29 is 4.79 Å². The number of hydrogen-bond donors (Lipinski definition) is 1. The fourth-order valence-corrected chi connectivity index (χ4v) is 2.45. The number of carbonyl (C=O) groups excluding carboxylic acids is 1. The summed E-state index contributed by atoms with van der Waals surface area (Å²) in [4.78, 5) is 14.1. The number of rotatable bonds is 2. The van der Waals surface area contributed by atoms with Crippen LogP contribution in [0.1, 0.15) is 36.8 Å². The lowest BCUT2D eigenvalue weighted by atomic mass is 10.1. The number of carbonyl (C=O) groups is 1. The second-order valence-corrected chi connectivity index (χ2v) is 5.12. The van der Waals surface area contributed by atoms with Gasteiger partial charge < -0.3 is 4.90 Å². The SMILES string of the molecule is Cl.N#Cc1cccc(CN(N)C(=O)N2CCCCCC2)c1. The summed E-state index contributed by atoms with van der Waals surface area (Å²) in [6, 6.07) is 9.13. The van der Waals surface area contributed by atoms with Gasteiger partial charge in [-0.3, -0.25) is 5.01 Å². The number of hydrogen-bond acceptors (Lipinski definition) is 3. The van der Waals surface area contributed by atoms with Gasteiger partial charge in [0.2, 0.25) is 0 Å². The molecule has 2 rings (SSSR count). The van der Waals surface area contributed by atoms with E-state index in [0.717, 1.165) is 31.5 Å². The Morgan fingerprint density at radius 1 is 1.29 bits per heavy atom. The molecule has 0 radical (unpaired) electrons. The fraction of sp³-hybridized carbons (Fsp3) is 0.467. The van der Waals surface area contributed by atoms with Crippen LogP contribution in [0, 0.1) is 11.3 Å². The molecular weight excluding hydrogens is 288 g/mol. The van der Waals surface area contributed by atoms with Crippen molar-refractivity contribution in [3.63, 3.8) is 0 Å². The quantitative estimate of drug-likeness (QED) is 0.518. The van der Waals surface area contributed by atoms with E-state index < -0.39 is 0 Å². The molecule has 1 heterocycles. The molecule has 2 N–H and O–H groups in total. The van der Waals surface area contributed by atoms with Gasteiger partial charge in [-0.15, -0.1) is 12.4 Å². The average molecular weight is 309 g/mol. The van der Waals surface area contributed by atoms with E-state index in [-0.39, 0.29) is 18.4 Å². The molecule has 0 bridgehead atoms. The standard InChI is InChI=1S/C15H20N4O.ClH/c16-11-13-6-5-7-14(10-13)12-19(17)15(20)18-8-3-1-2-4-9-18;/h5-7,10H,1-4,8-9,12,17H2;1H. The first-order chi connectivity index (χ1) is 9.70. The van der Waals surface area contributed by atoms with Crippen LogP contribution in [0.2, 0.25) is 0 Å². The van der Waals surface area contributed by atoms with Gasteiger partial charge >= 0.3 is 6.03 Å². The molecule has 0 unspecified atom stereocenters. The number of nitrogens with zero attached hydrogens (tertiary/aromatic N) is 3. The summed E-state index contributed by atoms with van der Waals surface area (Å²) >= 11 is 0. The molecule has 1 aromatic rings. The second-order valence-electron chi connectivity index (χ2n) is 5.12. The lowest BCUT2D eigenvalue weighted by Crippen LogP contribution is -2.46. The molecule has 6 heteroatoms. The lowest BCUT2D eigenvalue weighted by molar-refractivity contribution is 0.152. The zero-order valence-corrected chi connectivity index (χ0v) is 12.8. The number of nitrogens with two attached hydrogens (primary N) is 1. The molecule has 0 spiro atoms. The number of hydrazine groups is 1. The largest absolute Gasteiger partial charge is 0.334 e. The predicted octanol–water partition coefficient (Wildman–Crippen LogP) is 2.65. The highest BCUT2D eigenvalue weighted by molar-refractivity contribution is 5.85. The minimum absolute atomic E-state index is 0. The maximum Gasteiger partial charge on any atom is 0.334 e. The van der Waals surface area contributed by atoms with Crippen LogP contribution in [0.4, 0.5) is 4.79 Å². The summed E-state index contributed by atoms with van der Waals surface area (Å²) < 4.78 is 0. The molecule has 1 aliphatic heterocycles. The van der Waals surface area contributed by atoms with E-state index in [0.29, 0.717) is 12.1 Å². The summed E-state index contributed by atoms with van der Waals surface area (Å²) in [5, 5.41) is 10.1. The van der Waals surface area contributed by atoms with Gasteiger partial charge in [0.15, 0.2) is 0 Å². The van der Waals surface area contributed by atoms with E-state index in [4.69, 9.17) is 11.1 Å². The number of benzene rings is 1. The smallest absolute Gasteiger partial charge is 0.324 e. The highest BCUT2D eigenvalue weighted by Crippen LogP contribution is 2.12. The summed E-state index contributed by atoms with van der Waals surface area (Å²) in [7, 11) is 0. The third-order valence-electron chi connectivity index (χ3n) is 3.53. The Kier molecular flexibility index (Phi) is 7.00. The minimum Gasteiger partial charge on any atom is -0.324 e. The summed E-state index contributed by atoms with van der Waals surface area (Å²) in [5.41, 5.74) is 1.45. The number of likely N-dealkylation sites (tertiary alicyclic amines) is 1. The van der Waals surface area contributed by atoms with Crippen molar-refractivity contribution in [2.24, 2.45) is 5.84 Å². The topological polar surface area (TPSA) is 73.4 Å². The van der Waals surface area contributed by atoms with Crippen molar-refractivity contribution >= 4 is 18.4 Å².